The zero-order chi connectivity index (χ0) is 15.7. The van der Waals surface area contributed by atoms with Gasteiger partial charge in [0.05, 0.1) is 19.8 Å². The molecule has 0 spiro atoms. The van der Waals surface area contributed by atoms with Crippen LogP contribution < -0.4 is 15.4 Å². The Morgan fingerprint density at radius 3 is 2.57 bits per heavy atom. The Morgan fingerprint density at radius 1 is 1.14 bits per heavy atom. The van der Waals surface area contributed by atoms with Gasteiger partial charge >= 0.3 is 6.03 Å². The van der Waals surface area contributed by atoms with Gasteiger partial charge in [0.25, 0.3) is 0 Å². The Morgan fingerprint density at radius 2 is 1.86 bits per heavy atom. The average molecular weight is 296 g/mol. The highest BCUT2D eigenvalue weighted by Gasteiger charge is 2.07. The van der Waals surface area contributed by atoms with Crippen LogP contribution in [0.5, 0.6) is 5.75 Å². The van der Waals surface area contributed by atoms with E-state index in [1.54, 1.807) is 0 Å². The van der Waals surface area contributed by atoms with Crippen LogP contribution in [0, 0.1) is 20.8 Å². The number of benzene rings is 1. The van der Waals surface area contributed by atoms with Crippen LogP contribution in [0.1, 0.15) is 16.7 Å². The fourth-order valence-electron chi connectivity index (χ4n) is 1.79. The summed E-state index contributed by atoms with van der Waals surface area (Å²) in [5.41, 5.74) is 3.27. The lowest BCUT2D eigenvalue weighted by Gasteiger charge is -2.14. The maximum atomic E-state index is 11.5. The zero-order valence-corrected chi connectivity index (χ0v) is 12.9. The molecule has 1 aromatic carbocycles. The van der Waals surface area contributed by atoms with E-state index in [2.05, 4.69) is 10.6 Å². The third-order valence-electron chi connectivity index (χ3n) is 3.09. The number of aliphatic hydroxyl groups is 1. The summed E-state index contributed by atoms with van der Waals surface area (Å²) >= 11 is 0. The van der Waals surface area contributed by atoms with Gasteiger partial charge in [-0.2, -0.15) is 0 Å². The summed E-state index contributed by atoms with van der Waals surface area (Å²) in [6.45, 7) is 7.10. The fourth-order valence-corrected chi connectivity index (χ4v) is 1.79. The Labute approximate surface area is 125 Å². The summed E-state index contributed by atoms with van der Waals surface area (Å²) in [6.07, 6.45) is 0. The number of amides is 2. The summed E-state index contributed by atoms with van der Waals surface area (Å²) < 4.78 is 10.7. The second kappa shape index (κ2) is 9.20. The van der Waals surface area contributed by atoms with Crippen molar-refractivity contribution in [3.05, 3.63) is 28.8 Å². The lowest BCUT2D eigenvalue weighted by Crippen LogP contribution is -2.39. The Balaban J connectivity index is 2.27. The van der Waals surface area contributed by atoms with Gasteiger partial charge in [-0.05, 0) is 37.5 Å². The van der Waals surface area contributed by atoms with E-state index in [9.17, 15) is 4.79 Å². The fraction of sp³-hybridized carbons (Fsp3) is 0.533. The van der Waals surface area contributed by atoms with Crippen LogP contribution in [0.25, 0.3) is 0 Å². The monoisotopic (exact) mass is 296 g/mol. The Kier molecular flexibility index (Phi) is 7.56. The molecule has 0 aliphatic carbocycles. The molecule has 3 N–H and O–H groups in total. The van der Waals surface area contributed by atoms with Crippen molar-refractivity contribution in [2.75, 3.05) is 33.1 Å². The maximum absolute atomic E-state index is 11.5. The van der Waals surface area contributed by atoms with E-state index in [0.717, 1.165) is 22.4 Å². The van der Waals surface area contributed by atoms with Crippen LogP contribution in [0.4, 0.5) is 4.79 Å². The van der Waals surface area contributed by atoms with Crippen LogP contribution in [0.15, 0.2) is 12.1 Å². The molecule has 0 bridgehead atoms. The summed E-state index contributed by atoms with van der Waals surface area (Å²) in [5.74, 6) is 0.807. The van der Waals surface area contributed by atoms with Crippen LogP contribution in [0.2, 0.25) is 0 Å². The van der Waals surface area contributed by atoms with Crippen LogP contribution >= 0.6 is 0 Å². The Hall–Kier alpha value is -1.79. The predicted octanol–water partition coefficient (Wildman–Crippen LogP) is 1.26. The number of hydrogen-bond acceptors (Lipinski definition) is 4. The molecule has 0 aliphatic heterocycles. The molecule has 0 atom stereocenters. The van der Waals surface area contributed by atoms with E-state index in [0.29, 0.717) is 13.2 Å². The van der Waals surface area contributed by atoms with Gasteiger partial charge in [-0.25, -0.2) is 4.79 Å². The highest BCUT2D eigenvalue weighted by atomic mass is 16.5. The average Bonchev–Trinajstić information content (AvgIpc) is 2.46. The van der Waals surface area contributed by atoms with Crippen molar-refractivity contribution in [2.45, 2.75) is 20.8 Å². The van der Waals surface area contributed by atoms with Crippen molar-refractivity contribution in [2.24, 2.45) is 0 Å². The van der Waals surface area contributed by atoms with E-state index in [1.807, 2.05) is 32.9 Å². The summed E-state index contributed by atoms with van der Waals surface area (Å²) in [7, 11) is 0. The highest BCUT2D eigenvalue weighted by molar-refractivity contribution is 5.73. The molecular weight excluding hydrogens is 272 g/mol. The van der Waals surface area contributed by atoms with E-state index >= 15 is 0 Å². The molecule has 0 aromatic heterocycles. The van der Waals surface area contributed by atoms with Crippen LogP contribution in [-0.2, 0) is 4.74 Å². The molecule has 0 heterocycles. The molecule has 21 heavy (non-hydrogen) atoms. The van der Waals surface area contributed by atoms with Gasteiger partial charge in [0.15, 0.2) is 6.73 Å². The molecule has 6 nitrogen and oxygen atoms in total. The van der Waals surface area contributed by atoms with E-state index in [4.69, 9.17) is 14.6 Å². The summed E-state index contributed by atoms with van der Waals surface area (Å²) in [6, 6.07) is 3.73. The minimum absolute atomic E-state index is 0.0186. The number of carbonyl (C=O) groups excluding carboxylic acids is 1. The molecule has 0 fully saturated rings. The van der Waals surface area contributed by atoms with Gasteiger partial charge < -0.3 is 25.2 Å². The van der Waals surface area contributed by atoms with Gasteiger partial charge in [-0.3, -0.25) is 0 Å². The molecule has 0 radical (unpaired) electrons. The molecule has 6 heteroatoms. The molecule has 118 valence electrons. The van der Waals surface area contributed by atoms with Crippen LogP contribution in [0.3, 0.4) is 0 Å². The van der Waals surface area contributed by atoms with Crippen molar-refractivity contribution < 1.29 is 19.4 Å². The van der Waals surface area contributed by atoms with Crippen molar-refractivity contribution in [1.29, 1.82) is 0 Å². The van der Waals surface area contributed by atoms with Gasteiger partial charge in [0.2, 0.25) is 0 Å². The highest BCUT2D eigenvalue weighted by Crippen LogP contribution is 2.25. The third kappa shape index (κ3) is 6.01. The van der Waals surface area contributed by atoms with Crippen molar-refractivity contribution in [3.63, 3.8) is 0 Å². The quantitative estimate of drug-likeness (QED) is 0.498. The first-order valence-corrected chi connectivity index (χ1v) is 6.96. The van der Waals surface area contributed by atoms with Crippen molar-refractivity contribution >= 4 is 6.03 Å². The molecule has 0 aliphatic rings. The lowest BCUT2D eigenvalue weighted by atomic mass is 10.1. The van der Waals surface area contributed by atoms with Gasteiger partial charge in [-0.15, -0.1) is 0 Å². The molecule has 1 aromatic rings. The Bertz CT molecular complexity index is 463. The topological polar surface area (TPSA) is 79.8 Å². The first kappa shape index (κ1) is 17.3. The second-order valence-corrected chi connectivity index (χ2v) is 4.71. The standard InChI is InChI=1S/C15H24N2O4/c1-11-4-5-12(2)14(13(11)3)21-10-17-15(19)16-6-8-20-9-7-18/h4-5,18H,6-10H2,1-3H3,(H2,16,17,19). The molecular formula is C15H24N2O4. The number of carbonyl (C=O) groups is 1. The molecule has 1 rings (SSSR count). The number of aliphatic hydroxyl groups excluding tert-OH is 1. The number of urea groups is 1. The van der Waals surface area contributed by atoms with E-state index in [1.165, 1.54) is 0 Å². The third-order valence-corrected chi connectivity index (χ3v) is 3.09. The van der Waals surface area contributed by atoms with Gasteiger partial charge in [-0.1, -0.05) is 12.1 Å². The second-order valence-electron chi connectivity index (χ2n) is 4.71. The van der Waals surface area contributed by atoms with Crippen LogP contribution in [-0.4, -0.2) is 44.2 Å². The summed E-state index contributed by atoms with van der Waals surface area (Å²) in [4.78, 5) is 11.5. The SMILES string of the molecule is Cc1ccc(C)c(OCNC(=O)NCCOCCO)c1C. The summed E-state index contributed by atoms with van der Waals surface area (Å²) in [5, 5.41) is 13.8. The van der Waals surface area contributed by atoms with Gasteiger partial charge in [0, 0.05) is 6.54 Å². The van der Waals surface area contributed by atoms with E-state index in [-0.39, 0.29) is 26.0 Å². The minimum Gasteiger partial charge on any atom is -0.473 e. The normalized spacial score (nSPS) is 10.3. The predicted molar refractivity (Wildman–Crippen MR) is 80.6 cm³/mol. The smallest absolute Gasteiger partial charge is 0.317 e. The largest absolute Gasteiger partial charge is 0.473 e. The number of nitrogens with one attached hydrogen (secondary N) is 2. The van der Waals surface area contributed by atoms with Gasteiger partial charge in [0.1, 0.15) is 5.75 Å². The maximum Gasteiger partial charge on any atom is 0.317 e. The van der Waals surface area contributed by atoms with Crippen molar-refractivity contribution in [1.82, 2.24) is 10.6 Å². The van der Waals surface area contributed by atoms with E-state index < -0.39 is 0 Å². The molecule has 0 saturated carbocycles. The minimum atomic E-state index is -0.314. The number of ether oxygens (including phenoxy) is 2. The first-order valence-electron chi connectivity index (χ1n) is 6.96. The molecule has 2 amide bonds. The molecule has 0 unspecified atom stereocenters. The van der Waals surface area contributed by atoms with Crippen molar-refractivity contribution in [3.8, 4) is 5.75 Å². The number of hydrogen-bond donors (Lipinski definition) is 3. The molecule has 0 saturated heterocycles. The first-order chi connectivity index (χ1) is 10.1. The number of aryl methyl sites for hydroxylation is 2. The zero-order valence-electron chi connectivity index (χ0n) is 12.9. The number of rotatable bonds is 8. The lowest BCUT2D eigenvalue weighted by molar-refractivity contribution is 0.0945.